The van der Waals surface area contributed by atoms with Crippen molar-refractivity contribution in [2.45, 2.75) is 0 Å². The van der Waals surface area contributed by atoms with Gasteiger partial charge in [0.05, 0.1) is 30.1 Å². The lowest BCUT2D eigenvalue weighted by Crippen LogP contribution is -2.13. The molecule has 5 nitrogen and oxygen atoms in total. The third kappa shape index (κ3) is 3.18. The van der Waals surface area contributed by atoms with Crippen molar-refractivity contribution in [1.29, 1.82) is 0 Å². The van der Waals surface area contributed by atoms with Gasteiger partial charge in [0.15, 0.2) is 0 Å². The molecule has 23 heavy (non-hydrogen) atoms. The van der Waals surface area contributed by atoms with E-state index in [1.165, 1.54) is 13.2 Å². The molecule has 0 aliphatic rings. The molecule has 1 heterocycles. The van der Waals surface area contributed by atoms with E-state index in [9.17, 15) is 9.59 Å². The molecule has 0 unspecified atom stereocenters. The third-order valence-corrected chi connectivity index (χ3v) is 3.39. The molecule has 0 saturated heterocycles. The van der Waals surface area contributed by atoms with E-state index in [1.54, 1.807) is 24.4 Å². The number of methoxy groups -OCH3 is 1. The fraction of sp³-hybridized carbons (Fsp3) is 0.0556. The lowest BCUT2D eigenvalue weighted by Gasteiger charge is -2.07. The molecule has 2 aromatic carbocycles. The molecule has 1 amide bonds. The Labute approximate surface area is 132 Å². The van der Waals surface area contributed by atoms with E-state index in [-0.39, 0.29) is 5.91 Å². The number of hydrogen-bond acceptors (Lipinski definition) is 4. The van der Waals surface area contributed by atoms with Gasteiger partial charge in [0, 0.05) is 10.9 Å². The van der Waals surface area contributed by atoms with Crippen LogP contribution in [0, 0.1) is 0 Å². The second kappa shape index (κ2) is 6.27. The van der Waals surface area contributed by atoms with Crippen LogP contribution in [0.2, 0.25) is 0 Å². The molecular formula is C18H14N2O3. The average molecular weight is 306 g/mol. The molecule has 0 saturated carbocycles. The summed E-state index contributed by atoms with van der Waals surface area (Å²) in [5.41, 5.74) is 2.16. The number of anilines is 1. The molecule has 5 heteroatoms. The van der Waals surface area contributed by atoms with Crippen molar-refractivity contribution >= 4 is 28.5 Å². The van der Waals surface area contributed by atoms with E-state index < -0.39 is 5.97 Å². The first-order valence-electron chi connectivity index (χ1n) is 7.02. The van der Waals surface area contributed by atoms with Crippen molar-refractivity contribution in [3.8, 4) is 0 Å². The summed E-state index contributed by atoms with van der Waals surface area (Å²) in [6, 6.07) is 15.9. The fourth-order valence-corrected chi connectivity index (χ4v) is 2.25. The van der Waals surface area contributed by atoms with Crippen molar-refractivity contribution in [3.05, 3.63) is 71.9 Å². The monoisotopic (exact) mass is 306 g/mol. The highest BCUT2D eigenvalue weighted by Gasteiger charge is 2.11. The standard InChI is InChI=1S/C18H14N2O3/c1-23-18(22)14-7-4-6-13(9-14)17(21)20-15-10-12-5-2-3-8-16(12)19-11-15/h2-11H,1H3,(H,20,21). The van der Waals surface area contributed by atoms with Crippen LogP contribution >= 0.6 is 0 Å². The number of benzene rings is 2. The van der Waals surface area contributed by atoms with Crippen molar-refractivity contribution in [3.63, 3.8) is 0 Å². The Kier molecular flexibility index (Phi) is 4.01. The zero-order valence-corrected chi connectivity index (χ0v) is 12.4. The van der Waals surface area contributed by atoms with Crippen LogP contribution in [0.4, 0.5) is 5.69 Å². The molecule has 0 atom stereocenters. The zero-order valence-electron chi connectivity index (χ0n) is 12.4. The Hall–Kier alpha value is -3.21. The van der Waals surface area contributed by atoms with Crippen LogP contribution in [0.1, 0.15) is 20.7 Å². The van der Waals surface area contributed by atoms with Gasteiger partial charge in [-0.2, -0.15) is 0 Å². The number of carbonyl (C=O) groups is 2. The summed E-state index contributed by atoms with van der Waals surface area (Å²) in [5.74, 6) is -0.792. The smallest absolute Gasteiger partial charge is 0.337 e. The molecular weight excluding hydrogens is 292 g/mol. The number of hydrogen-bond donors (Lipinski definition) is 1. The van der Waals surface area contributed by atoms with Crippen molar-refractivity contribution in [2.24, 2.45) is 0 Å². The van der Waals surface area contributed by atoms with E-state index >= 15 is 0 Å². The van der Waals surface area contributed by atoms with Crippen LogP contribution in [-0.2, 0) is 4.74 Å². The molecule has 3 aromatic rings. The Bertz CT molecular complexity index is 890. The van der Waals surface area contributed by atoms with Crippen LogP contribution in [0.15, 0.2) is 60.8 Å². The predicted molar refractivity (Wildman–Crippen MR) is 87.5 cm³/mol. The topological polar surface area (TPSA) is 68.3 Å². The van der Waals surface area contributed by atoms with Gasteiger partial charge in [-0.1, -0.05) is 24.3 Å². The number of carbonyl (C=O) groups excluding carboxylic acids is 2. The normalized spacial score (nSPS) is 10.3. The summed E-state index contributed by atoms with van der Waals surface area (Å²) in [6.07, 6.45) is 1.60. The maximum absolute atomic E-state index is 12.3. The number of pyridine rings is 1. The van der Waals surface area contributed by atoms with Gasteiger partial charge in [-0.25, -0.2) is 4.79 Å². The first kappa shape index (κ1) is 14.7. The van der Waals surface area contributed by atoms with E-state index in [0.29, 0.717) is 16.8 Å². The van der Waals surface area contributed by atoms with Gasteiger partial charge in [-0.3, -0.25) is 9.78 Å². The number of fused-ring (bicyclic) bond motifs is 1. The molecule has 0 spiro atoms. The van der Waals surface area contributed by atoms with Gasteiger partial charge >= 0.3 is 5.97 Å². The highest BCUT2D eigenvalue weighted by Crippen LogP contribution is 2.17. The van der Waals surface area contributed by atoms with Crippen LogP contribution < -0.4 is 5.32 Å². The van der Waals surface area contributed by atoms with E-state index in [1.807, 2.05) is 30.3 Å². The number of aromatic nitrogens is 1. The maximum atomic E-state index is 12.3. The minimum Gasteiger partial charge on any atom is -0.465 e. The summed E-state index contributed by atoms with van der Waals surface area (Å²) in [4.78, 5) is 28.1. The first-order chi connectivity index (χ1) is 11.2. The van der Waals surface area contributed by atoms with E-state index in [4.69, 9.17) is 0 Å². The SMILES string of the molecule is COC(=O)c1cccc(C(=O)Nc2cnc3ccccc3c2)c1. The first-order valence-corrected chi connectivity index (χ1v) is 7.02. The minimum atomic E-state index is -0.480. The summed E-state index contributed by atoms with van der Waals surface area (Å²) < 4.78 is 4.66. The highest BCUT2D eigenvalue weighted by atomic mass is 16.5. The van der Waals surface area contributed by atoms with Gasteiger partial charge in [0.2, 0.25) is 0 Å². The molecule has 1 aromatic heterocycles. The number of nitrogens with one attached hydrogen (secondary N) is 1. The molecule has 0 fully saturated rings. The number of amides is 1. The summed E-state index contributed by atoms with van der Waals surface area (Å²) in [5, 5.41) is 3.72. The second-order valence-electron chi connectivity index (χ2n) is 4.94. The molecule has 0 bridgehead atoms. The predicted octanol–water partition coefficient (Wildman–Crippen LogP) is 3.27. The van der Waals surface area contributed by atoms with Crippen LogP contribution in [0.3, 0.4) is 0 Å². The third-order valence-electron chi connectivity index (χ3n) is 3.39. The Balaban J connectivity index is 1.84. The lowest BCUT2D eigenvalue weighted by molar-refractivity contribution is 0.0600. The van der Waals surface area contributed by atoms with Gasteiger partial charge < -0.3 is 10.1 Å². The summed E-state index contributed by atoms with van der Waals surface area (Å²) in [7, 11) is 1.30. The maximum Gasteiger partial charge on any atom is 0.337 e. The van der Waals surface area contributed by atoms with E-state index in [2.05, 4.69) is 15.0 Å². The Morgan fingerprint density at radius 2 is 1.78 bits per heavy atom. The highest BCUT2D eigenvalue weighted by molar-refractivity contribution is 6.06. The van der Waals surface area contributed by atoms with E-state index in [0.717, 1.165) is 10.9 Å². The van der Waals surface area contributed by atoms with Gasteiger partial charge in [0.1, 0.15) is 0 Å². The zero-order chi connectivity index (χ0) is 16.2. The average Bonchev–Trinajstić information content (AvgIpc) is 2.61. The molecule has 0 radical (unpaired) electrons. The molecule has 114 valence electrons. The van der Waals surface area contributed by atoms with Gasteiger partial charge in [-0.15, -0.1) is 0 Å². The summed E-state index contributed by atoms with van der Waals surface area (Å²) >= 11 is 0. The van der Waals surface area contributed by atoms with Crippen LogP contribution in [0.25, 0.3) is 10.9 Å². The quantitative estimate of drug-likeness (QED) is 0.754. The van der Waals surface area contributed by atoms with Crippen LogP contribution in [0.5, 0.6) is 0 Å². The largest absolute Gasteiger partial charge is 0.465 e. The number of ether oxygens (including phenoxy) is 1. The van der Waals surface area contributed by atoms with Gasteiger partial charge in [0.25, 0.3) is 5.91 Å². The number of nitrogens with zero attached hydrogens (tertiary/aromatic N) is 1. The molecule has 0 aliphatic heterocycles. The van der Waals surface area contributed by atoms with Crippen molar-refractivity contribution < 1.29 is 14.3 Å². The number of esters is 1. The second-order valence-corrected chi connectivity index (χ2v) is 4.94. The van der Waals surface area contributed by atoms with Crippen molar-refractivity contribution in [1.82, 2.24) is 4.98 Å². The number of rotatable bonds is 3. The minimum absolute atomic E-state index is 0.312. The molecule has 0 aliphatic carbocycles. The summed E-state index contributed by atoms with van der Waals surface area (Å²) in [6.45, 7) is 0. The van der Waals surface area contributed by atoms with Crippen molar-refractivity contribution in [2.75, 3.05) is 12.4 Å². The number of para-hydroxylation sites is 1. The lowest BCUT2D eigenvalue weighted by atomic mass is 10.1. The van der Waals surface area contributed by atoms with Gasteiger partial charge in [-0.05, 0) is 30.3 Å². The van der Waals surface area contributed by atoms with Crippen LogP contribution in [-0.4, -0.2) is 24.0 Å². The Morgan fingerprint density at radius 1 is 1.00 bits per heavy atom. The Morgan fingerprint density at radius 3 is 2.61 bits per heavy atom. The molecule has 1 N–H and O–H groups in total. The molecule has 3 rings (SSSR count). The fourth-order valence-electron chi connectivity index (χ4n) is 2.25.